The Morgan fingerprint density at radius 3 is 2.14 bits per heavy atom. The molecule has 5 heteroatoms. The predicted molar refractivity (Wildman–Crippen MR) is 50.9 cm³/mol. The van der Waals surface area contributed by atoms with Crippen LogP contribution in [0.3, 0.4) is 0 Å². The SMILES string of the molecule is COc1cc(NC=O)cc(OC)c1O. The molecular weight excluding hydrogens is 186 g/mol. The smallest absolute Gasteiger partial charge is 0.211 e. The Morgan fingerprint density at radius 2 is 1.79 bits per heavy atom. The molecule has 1 amide bonds. The molecule has 1 aromatic carbocycles. The van der Waals surface area contributed by atoms with Crippen LogP contribution in [0.5, 0.6) is 17.2 Å². The van der Waals surface area contributed by atoms with Crippen molar-refractivity contribution in [3.8, 4) is 17.2 Å². The van der Waals surface area contributed by atoms with E-state index in [9.17, 15) is 9.90 Å². The van der Waals surface area contributed by atoms with E-state index in [0.717, 1.165) is 0 Å². The van der Waals surface area contributed by atoms with E-state index in [1.165, 1.54) is 26.4 Å². The third-order valence-electron chi connectivity index (χ3n) is 1.71. The normalized spacial score (nSPS) is 9.29. The van der Waals surface area contributed by atoms with Crippen molar-refractivity contribution >= 4 is 12.1 Å². The van der Waals surface area contributed by atoms with Crippen molar-refractivity contribution in [1.29, 1.82) is 0 Å². The largest absolute Gasteiger partial charge is 0.502 e. The van der Waals surface area contributed by atoms with Gasteiger partial charge in [0.2, 0.25) is 12.2 Å². The molecule has 2 N–H and O–H groups in total. The lowest BCUT2D eigenvalue weighted by Crippen LogP contribution is -1.96. The standard InChI is InChI=1S/C9H11NO4/c1-13-7-3-6(10-5-11)4-8(14-2)9(7)12/h3-5,12H,1-2H3,(H,10,11). The molecule has 0 unspecified atom stereocenters. The van der Waals surface area contributed by atoms with E-state index in [2.05, 4.69) is 5.32 Å². The topological polar surface area (TPSA) is 67.8 Å². The van der Waals surface area contributed by atoms with Crippen LogP contribution < -0.4 is 14.8 Å². The van der Waals surface area contributed by atoms with Gasteiger partial charge in [-0.25, -0.2) is 0 Å². The minimum absolute atomic E-state index is 0.0913. The van der Waals surface area contributed by atoms with Crippen LogP contribution >= 0.6 is 0 Å². The molecule has 0 aliphatic rings. The molecule has 0 fully saturated rings. The van der Waals surface area contributed by atoms with Gasteiger partial charge in [0.05, 0.1) is 14.2 Å². The van der Waals surface area contributed by atoms with Crippen LogP contribution in [-0.2, 0) is 4.79 Å². The Balaban J connectivity index is 3.17. The second-order valence-electron chi connectivity index (χ2n) is 2.49. The first-order valence-electron chi connectivity index (χ1n) is 3.88. The number of nitrogens with one attached hydrogen (secondary N) is 1. The van der Waals surface area contributed by atoms with Crippen molar-refractivity contribution < 1.29 is 19.4 Å². The maximum atomic E-state index is 10.2. The maximum absolute atomic E-state index is 10.2. The zero-order chi connectivity index (χ0) is 10.6. The van der Waals surface area contributed by atoms with Crippen LogP contribution in [0.15, 0.2) is 12.1 Å². The molecule has 0 aliphatic heterocycles. The van der Waals surface area contributed by atoms with Gasteiger partial charge in [-0.3, -0.25) is 4.79 Å². The van der Waals surface area contributed by atoms with Crippen molar-refractivity contribution in [3.05, 3.63) is 12.1 Å². The van der Waals surface area contributed by atoms with Crippen LogP contribution in [0, 0.1) is 0 Å². The molecule has 76 valence electrons. The first-order chi connectivity index (χ1) is 6.72. The molecule has 0 radical (unpaired) electrons. The molecule has 0 bridgehead atoms. The first kappa shape index (κ1) is 10.2. The van der Waals surface area contributed by atoms with Gasteiger partial charge in [0.15, 0.2) is 11.5 Å². The van der Waals surface area contributed by atoms with E-state index in [4.69, 9.17) is 9.47 Å². The number of phenols is 1. The molecule has 0 heterocycles. The summed E-state index contributed by atoms with van der Waals surface area (Å²) in [4.78, 5) is 10.2. The number of ether oxygens (including phenoxy) is 2. The lowest BCUT2D eigenvalue weighted by Gasteiger charge is -2.10. The Hall–Kier alpha value is -1.91. The van der Waals surface area contributed by atoms with E-state index in [1.807, 2.05) is 0 Å². The molecule has 0 saturated heterocycles. The quantitative estimate of drug-likeness (QED) is 0.557. The van der Waals surface area contributed by atoms with Gasteiger partial charge >= 0.3 is 0 Å². The molecule has 5 nitrogen and oxygen atoms in total. The fourth-order valence-electron chi connectivity index (χ4n) is 1.04. The monoisotopic (exact) mass is 197 g/mol. The van der Waals surface area contributed by atoms with Gasteiger partial charge in [0, 0.05) is 17.8 Å². The Morgan fingerprint density at radius 1 is 1.29 bits per heavy atom. The summed E-state index contributed by atoms with van der Waals surface area (Å²) >= 11 is 0. The molecule has 0 atom stereocenters. The van der Waals surface area contributed by atoms with Gasteiger partial charge in [0.25, 0.3) is 0 Å². The minimum atomic E-state index is -0.0913. The lowest BCUT2D eigenvalue weighted by atomic mass is 10.2. The van der Waals surface area contributed by atoms with E-state index < -0.39 is 0 Å². The molecule has 0 aromatic heterocycles. The second-order valence-corrected chi connectivity index (χ2v) is 2.49. The summed E-state index contributed by atoms with van der Waals surface area (Å²) < 4.78 is 9.78. The van der Waals surface area contributed by atoms with Crippen molar-refractivity contribution in [2.45, 2.75) is 0 Å². The highest BCUT2D eigenvalue weighted by atomic mass is 16.5. The summed E-state index contributed by atoms with van der Waals surface area (Å²) in [6.07, 6.45) is 0.533. The zero-order valence-corrected chi connectivity index (χ0v) is 7.90. The average Bonchev–Trinajstić information content (AvgIpc) is 2.20. The zero-order valence-electron chi connectivity index (χ0n) is 7.90. The van der Waals surface area contributed by atoms with Crippen molar-refractivity contribution in [2.75, 3.05) is 19.5 Å². The van der Waals surface area contributed by atoms with E-state index in [1.54, 1.807) is 0 Å². The Bertz CT molecular complexity index is 313. The second kappa shape index (κ2) is 4.36. The summed E-state index contributed by atoms with van der Waals surface area (Å²) in [7, 11) is 2.83. The summed E-state index contributed by atoms with van der Waals surface area (Å²) in [6.45, 7) is 0. The predicted octanol–water partition coefficient (Wildman–Crippen LogP) is 0.978. The van der Waals surface area contributed by atoms with Crippen LogP contribution in [0.2, 0.25) is 0 Å². The summed E-state index contributed by atoms with van der Waals surface area (Å²) in [6, 6.07) is 2.98. The first-order valence-corrected chi connectivity index (χ1v) is 3.88. The summed E-state index contributed by atoms with van der Waals surface area (Å²) in [5.74, 6) is 0.397. The van der Waals surface area contributed by atoms with Gasteiger partial charge in [-0.1, -0.05) is 0 Å². The van der Waals surface area contributed by atoms with Gasteiger partial charge in [-0.15, -0.1) is 0 Å². The number of anilines is 1. The van der Waals surface area contributed by atoms with Gasteiger partial charge in [-0.2, -0.15) is 0 Å². The fraction of sp³-hybridized carbons (Fsp3) is 0.222. The van der Waals surface area contributed by atoms with Gasteiger partial charge in [0.1, 0.15) is 0 Å². The number of hydrogen-bond donors (Lipinski definition) is 2. The molecule has 0 saturated carbocycles. The number of amides is 1. The van der Waals surface area contributed by atoms with Crippen LogP contribution in [0.1, 0.15) is 0 Å². The number of phenolic OH excluding ortho intramolecular Hbond substituents is 1. The summed E-state index contributed by atoms with van der Waals surface area (Å²) in [5, 5.41) is 11.9. The molecule has 14 heavy (non-hydrogen) atoms. The molecule has 0 aliphatic carbocycles. The summed E-state index contributed by atoms with van der Waals surface area (Å²) in [5.41, 5.74) is 0.492. The van der Waals surface area contributed by atoms with Crippen LogP contribution in [0.4, 0.5) is 5.69 Å². The number of carbonyl (C=O) groups excluding carboxylic acids is 1. The number of carbonyl (C=O) groups is 1. The average molecular weight is 197 g/mol. The van der Waals surface area contributed by atoms with Crippen molar-refractivity contribution in [1.82, 2.24) is 0 Å². The molecular formula is C9H11NO4. The molecule has 1 rings (SSSR count). The number of hydrogen-bond acceptors (Lipinski definition) is 4. The molecule has 1 aromatic rings. The Kier molecular flexibility index (Phi) is 3.17. The number of aromatic hydroxyl groups is 1. The van der Waals surface area contributed by atoms with Crippen LogP contribution in [-0.4, -0.2) is 25.7 Å². The van der Waals surface area contributed by atoms with Crippen molar-refractivity contribution in [3.63, 3.8) is 0 Å². The minimum Gasteiger partial charge on any atom is -0.502 e. The van der Waals surface area contributed by atoms with Gasteiger partial charge in [-0.05, 0) is 0 Å². The highest BCUT2D eigenvalue weighted by Crippen LogP contribution is 2.38. The van der Waals surface area contributed by atoms with Crippen LogP contribution in [0.25, 0.3) is 0 Å². The van der Waals surface area contributed by atoms with E-state index in [0.29, 0.717) is 12.1 Å². The van der Waals surface area contributed by atoms with E-state index in [-0.39, 0.29) is 17.2 Å². The van der Waals surface area contributed by atoms with E-state index >= 15 is 0 Å². The highest BCUT2D eigenvalue weighted by Gasteiger charge is 2.10. The third-order valence-corrected chi connectivity index (χ3v) is 1.71. The molecule has 0 spiro atoms. The highest BCUT2D eigenvalue weighted by molar-refractivity contribution is 5.74. The number of rotatable bonds is 4. The lowest BCUT2D eigenvalue weighted by molar-refractivity contribution is -0.105. The van der Waals surface area contributed by atoms with Gasteiger partial charge < -0.3 is 19.9 Å². The maximum Gasteiger partial charge on any atom is 0.211 e. The fourth-order valence-corrected chi connectivity index (χ4v) is 1.04. The van der Waals surface area contributed by atoms with Crippen molar-refractivity contribution in [2.24, 2.45) is 0 Å². The third kappa shape index (κ3) is 1.87. The number of benzene rings is 1. The Labute approximate surface area is 81.3 Å². The number of methoxy groups -OCH3 is 2.